The van der Waals surface area contributed by atoms with E-state index in [-0.39, 0.29) is 17.9 Å². The molecule has 2 atom stereocenters. The Bertz CT molecular complexity index is 1960. The monoisotopic (exact) mass is 706 g/mol. The van der Waals surface area contributed by atoms with Crippen LogP contribution in [0.4, 0.5) is 23.7 Å². The van der Waals surface area contributed by atoms with Gasteiger partial charge >= 0.3 is 12.3 Å². The lowest BCUT2D eigenvalue weighted by Gasteiger charge is -2.38. The van der Waals surface area contributed by atoms with Crippen LogP contribution in [0.15, 0.2) is 78.9 Å². The number of nitrogens with zero attached hydrogens (tertiary/aromatic N) is 3. The van der Waals surface area contributed by atoms with Gasteiger partial charge in [-0.3, -0.25) is 4.79 Å². The van der Waals surface area contributed by atoms with Gasteiger partial charge in [0.1, 0.15) is 5.69 Å². The molecule has 10 nitrogen and oxygen atoms in total. The lowest BCUT2D eigenvalue weighted by molar-refractivity contribution is -0.141. The van der Waals surface area contributed by atoms with Crippen molar-refractivity contribution in [1.82, 2.24) is 19.8 Å². The Morgan fingerprint density at radius 1 is 1.00 bits per heavy atom. The van der Waals surface area contributed by atoms with Gasteiger partial charge in [-0.05, 0) is 92.6 Å². The maximum atomic E-state index is 13.9. The van der Waals surface area contributed by atoms with Gasteiger partial charge in [0.25, 0.3) is 5.91 Å². The molecule has 14 heteroatoms. The van der Waals surface area contributed by atoms with Crippen molar-refractivity contribution in [1.29, 1.82) is 5.26 Å². The first kappa shape index (κ1) is 36.3. The molecule has 0 radical (unpaired) electrons. The molecule has 1 aliphatic carbocycles. The van der Waals surface area contributed by atoms with Crippen molar-refractivity contribution in [3.05, 3.63) is 113 Å². The van der Waals surface area contributed by atoms with E-state index in [1.165, 1.54) is 18.2 Å². The lowest BCUT2D eigenvalue weighted by Crippen LogP contribution is -2.49. The zero-order valence-electron chi connectivity index (χ0n) is 27.7. The number of alkyl halides is 3. The minimum atomic E-state index is -4.85. The van der Waals surface area contributed by atoms with Gasteiger partial charge in [0, 0.05) is 18.3 Å². The van der Waals surface area contributed by atoms with Crippen LogP contribution >= 0.6 is 0 Å². The second kappa shape index (κ2) is 14.5. The highest BCUT2D eigenvalue weighted by molar-refractivity contribution is 7.84. The van der Waals surface area contributed by atoms with E-state index in [1.807, 2.05) is 32.9 Å². The third-order valence-electron chi connectivity index (χ3n) is 8.38. The highest BCUT2D eigenvalue weighted by atomic mass is 32.2. The molecule has 0 spiro atoms. The van der Waals surface area contributed by atoms with Crippen LogP contribution in [0.2, 0.25) is 0 Å². The number of amides is 2. The minimum absolute atomic E-state index is 0.112. The normalized spacial score (nSPS) is 15.1. The van der Waals surface area contributed by atoms with Gasteiger partial charge in [0.05, 0.1) is 38.6 Å². The first-order valence-electron chi connectivity index (χ1n) is 15.9. The van der Waals surface area contributed by atoms with Crippen molar-refractivity contribution < 1.29 is 32.1 Å². The number of carbonyl (C=O) groups is 2. The fourth-order valence-corrected chi connectivity index (χ4v) is 6.49. The molecule has 3 aromatic carbocycles. The predicted octanol–water partition coefficient (Wildman–Crippen LogP) is 7.27. The number of nitriles is 1. The van der Waals surface area contributed by atoms with Crippen LogP contribution in [0.1, 0.15) is 84.9 Å². The summed E-state index contributed by atoms with van der Waals surface area (Å²) in [5.41, 5.74) is -0.132. The van der Waals surface area contributed by atoms with Crippen molar-refractivity contribution in [2.24, 2.45) is 5.92 Å². The van der Waals surface area contributed by atoms with E-state index in [1.54, 1.807) is 42.5 Å². The number of anilines is 1. The average Bonchev–Trinajstić information content (AvgIpc) is 3.79. The largest absolute Gasteiger partial charge is 0.465 e. The molecule has 4 aromatic rings. The number of carboxylic acid groups (broad SMARTS) is 1. The first-order chi connectivity index (χ1) is 23.6. The molecule has 1 aromatic heterocycles. The smallest absolute Gasteiger partial charge is 0.435 e. The Morgan fingerprint density at radius 3 is 2.32 bits per heavy atom. The zero-order chi connectivity index (χ0) is 36.3. The second-order valence-corrected chi connectivity index (χ2v) is 15.2. The summed E-state index contributed by atoms with van der Waals surface area (Å²) < 4.78 is 59.0. The second-order valence-electron chi connectivity index (χ2n) is 13.3. The molecule has 1 saturated carbocycles. The standard InChI is InChI=1S/C36H37F3N6O4S/c1-34(2,3)50(49)44-35(16-15-23-13-14-23,26-9-4-7-24(17-26)21-40)27-10-6-11-28(19-27)42-32(46)30-20-31(36(37,38)39)43-45(30)29-12-5-8-25(18-29)22-41-33(47)48/h4-12,17-20,23,41,44H,13-16,22H2,1-3H3,(H,42,46)(H,47,48). The van der Waals surface area contributed by atoms with E-state index < -0.39 is 50.8 Å². The number of nitrogens with one attached hydrogen (secondary N) is 3. The zero-order valence-corrected chi connectivity index (χ0v) is 28.5. The summed E-state index contributed by atoms with van der Waals surface area (Å²) in [5.74, 6) is -0.372. The van der Waals surface area contributed by atoms with Crippen LogP contribution in [0.25, 0.3) is 5.69 Å². The summed E-state index contributed by atoms with van der Waals surface area (Å²) in [6.07, 6.45) is -2.62. The quantitative estimate of drug-likeness (QED) is 0.122. The average molecular weight is 707 g/mol. The van der Waals surface area contributed by atoms with Crippen LogP contribution in [0.3, 0.4) is 0 Å². The summed E-state index contributed by atoms with van der Waals surface area (Å²) in [4.78, 5) is 24.7. The van der Waals surface area contributed by atoms with E-state index in [2.05, 4.69) is 26.5 Å². The Hall–Kier alpha value is -5.00. The highest BCUT2D eigenvalue weighted by Gasteiger charge is 2.40. The minimum Gasteiger partial charge on any atom is -0.465 e. The molecule has 1 heterocycles. The van der Waals surface area contributed by atoms with Gasteiger partial charge in [0.2, 0.25) is 0 Å². The van der Waals surface area contributed by atoms with Crippen LogP contribution in [-0.2, 0) is 29.2 Å². The summed E-state index contributed by atoms with van der Waals surface area (Å²) in [6.45, 7) is 5.43. The van der Waals surface area contributed by atoms with Crippen molar-refractivity contribution >= 4 is 28.7 Å². The molecule has 0 aliphatic heterocycles. The van der Waals surface area contributed by atoms with Crippen molar-refractivity contribution in [2.45, 2.75) is 69.5 Å². The molecule has 0 saturated heterocycles. The van der Waals surface area contributed by atoms with Gasteiger partial charge in [-0.15, -0.1) is 0 Å². The number of rotatable bonds is 12. The van der Waals surface area contributed by atoms with E-state index in [4.69, 9.17) is 5.11 Å². The molecule has 50 heavy (non-hydrogen) atoms. The van der Waals surface area contributed by atoms with E-state index in [0.717, 1.165) is 23.9 Å². The topological polar surface area (TPSA) is 149 Å². The Balaban J connectivity index is 1.56. The number of aromatic nitrogens is 2. The summed E-state index contributed by atoms with van der Waals surface area (Å²) >= 11 is 0. The maximum absolute atomic E-state index is 13.9. The molecule has 2 amide bonds. The SMILES string of the molecule is CC(C)(C)S(=O)NC(CCC1CC1)(c1cccc(C#N)c1)c1cccc(NC(=O)c2cc(C(F)(F)F)nn2-c2cccc(CNC(=O)O)c2)c1. The molecule has 5 rings (SSSR count). The molecule has 4 N–H and O–H groups in total. The number of hydrogen-bond donors (Lipinski definition) is 4. The number of hydrogen-bond acceptors (Lipinski definition) is 5. The molecule has 1 fully saturated rings. The third-order valence-corrected chi connectivity index (χ3v) is 10.0. The molecule has 262 valence electrons. The predicted molar refractivity (Wildman–Crippen MR) is 183 cm³/mol. The highest BCUT2D eigenvalue weighted by Crippen LogP contribution is 2.43. The van der Waals surface area contributed by atoms with E-state index >= 15 is 0 Å². The van der Waals surface area contributed by atoms with E-state index in [9.17, 15) is 32.2 Å². The summed E-state index contributed by atoms with van der Waals surface area (Å²) in [5, 5.41) is 27.3. The Labute approximate surface area is 290 Å². The lowest BCUT2D eigenvalue weighted by atomic mass is 9.79. The molecular formula is C36H37F3N6O4S. The van der Waals surface area contributed by atoms with Gasteiger partial charge in [-0.2, -0.15) is 23.5 Å². The number of halogens is 3. The van der Waals surface area contributed by atoms with Gasteiger partial charge in [-0.1, -0.05) is 49.2 Å². The van der Waals surface area contributed by atoms with Crippen LogP contribution < -0.4 is 15.4 Å². The van der Waals surface area contributed by atoms with E-state index in [0.29, 0.717) is 40.7 Å². The molecule has 0 bridgehead atoms. The fraction of sp³-hybridized carbons (Fsp3) is 0.333. The number of carbonyl (C=O) groups excluding carboxylic acids is 1. The Kier molecular flexibility index (Phi) is 10.5. The third kappa shape index (κ3) is 8.58. The van der Waals surface area contributed by atoms with Crippen LogP contribution in [0, 0.1) is 17.2 Å². The summed E-state index contributed by atoms with van der Waals surface area (Å²) in [6, 6.07) is 22.7. The Morgan fingerprint density at radius 2 is 1.68 bits per heavy atom. The summed E-state index contributed by atoms with van der Waals surface area (Å²) in [7, 11) is -1.57. The fourth-order valence-electron chi connectivity index (χ4n) is 5.53. The van der Waals surface area contributed by atoms with Crippen LogP contribution in [0.5, 0.6) is 0 Å². The van der Waals surface area contributed by atoms with Gasteiger partial charge in [0.15, 0.2) is 5.69 Å². The van der Waals surface area contributed by atoms with Crippen molar-refractivity contribution in [2.75, 3.05) is 5.32 Å². The van der Waals surface area contributed by atoms with Crippen molar-refractivity contribution in [3.8, 4) is 11.8 Å². The first-order valence-corrected chi connectivity index (χ1v) is 17.1. The molecule has 1 aliphatic rings. The van der Waals surface area contributed by atoms with Crippen molar-refractivity contribution in [3.63, 3.8) is 0 Å². The van der Waals surface area contributed by atoms with Gasteiger partial charge < -0.3 is 15.7 Å². The molecular weight excluding hydrogens is 669 g/mol. The van der Waals surface area contributed by atoms with Crippen LogP contribution in [-0.4, -0.2) is 35.8 Å². The van der Waals surface area contributed by atoms with Gasteiger partial charge in [-0.25, -0.2) is 18.4 Å². The number of benzene rings is 3. The molecule has 2 unspecified atom stereocenters. The maximum Gasteiger partial charge on any atom is 0.435 e.